The number of hydrogen-bond donors (Lipinski definition) is 0. The number of alkyl halides is 2. The van der Waals surface area contributed by atoms with E-state index in [9.17, 15) is 0 Å². The van der Waals surface area contributed by atoms with Crippen LogP contribution in [0.2, 0.25) is 0 Å². The first-order valence-corrected chi connectivity index (χ1v) is 8.98. The zero-order valence-electron chi connectivity index (χ0n) is 11.7. The smallest absolute Gasteiger partial charge is 0.0149 e. The highest BCUT2D eigenvalue weighted by Crippen LogP contribution is 2.36. The van der Waals surface area contributed by atoms with Crippen molar-refractivity contribution in [2.75, 3.05) is 10.7 Å². The lowest BCUT2D eigenvalue weighted by Gasteiger charge is -2.32. The van der Waals surface area contributed by atoms with Crippen molar-refractivity contribution in [1.29, 1.82) is 0 Å². The van der Waals surface area contributed by atoms with Gasteiger partial charge in [0, 0.05) is 16.1 Å². The Kier molecular flexibility index (Phi) is 6.94. The first-order chi connectivity index (χ1) is 8.55. The van der Waals surface area contributed by atoms with E-state index in [1.54, 1.807) is 0 Å². The fraction of sp³-hybridized carbons (Fsp3) is 0.625. The van der Waals surface area contributed by atoms with Crippen molar-refractivity contribution >= 4 is 31.9 Å². The number of hydrogen-bond acceptors (Lipinski definition) is 0. The molecule has 0 aliphatic carbocycles. The SMILES string of the molecule is Cc1ccccc1C(CBr)(CBr)CCCC(C)C. The van der Waals surface area contributed by atoms with Gasteiger partial charge in [-0.05, 0) is 30.4 Å². The highest BCUT2D eigenvalue weighted by atomic mass is 79.9. The summed E-state index contributed by atoms with van der Waals surface area (Å²) >= 11 is 7.48. The molecule has 0 atom stereocenters. The monoisotopic (exact) mass is 374 g/mol. The minimum Gasteiger partial charge on any atom is -0.0918 e. The Morgan fingerprint density at radius 2 is 1.72 bits per heavy atom. The molecule has 0 aromatic heterocycles. The molecule has 18 heavy (non-hydrogen) atoms. The van der Waals surface area contributed by atoms with Gasteiger partial charge in [-0.2, -0.15) is 0 Å². The van der Waals surface area contributed by atoms with Gasteiger partial charge >= 0.3 is 0 Å². The highest BCUT2D eigenvalue weighted by molar-refractivity contribution is 9.09. The van der Waals surface area contributed by atoms with E-state index >= 15 is 0 Å². The molecule has 102 valence electrons. The molecule has 0 amide bonds. The molecule has 0 bridgehead atoms. The van der Waals surface area contributed by atoms with Gasteiger partial charge in [-0.15, -0.1) is 0 Å². The fourth-order valence-electron chi connectivity index (χ4n) is 2.46. The normalized spacial score (nSPS) is 12.1. The van der Waals surface area contributed by atoms with Crippen LogP contribution < -0.4 is 0 Å². The van der Waals surface area contributed by atoms with Crippen LogP contribution in [0.3, 0.4) is 0 Å². The third-order valence-corrected chi connectivity index (χ3v) is 5.81. The summed E-state index contributed by atoms with van der Waals surface area (Å²) in [6.07, 6.45) is 3.85. The zero-order chi connectivity index (χ0) is 13.6. The van der Waals surface area contributed by atoms with Gasteiger partial charge in [0.1, 0.15) is 0 Å². The predicted molar refractivity (Wildman–Crippen MR) is 89.1 cm³/mol. The van der Waals surface area contributed by atoms with Gasteiger partial charge < -0.3 is 0 Å². The lowest BCUT2D eigenvalue weighted by molar-refractivity contribution is 0.438. The molecule has 0 N–H and O–H groups in total. The van der Waals surface area contributed by atoms with Crippen molar-refractivity contribution in [1.82, 2.24) is 0 Å². The summed E-state index contributed by atoms with van der Waals surface area (Å²) in [6, 6.07) is 8.79. The topological polar surface area (TPSA) is 0 Å². The Hall–Kier alpha value is 0.180. The van der Waals surface area contributed by atoms with Crippen molar-refractivity contribution in [2.45, 2.75) is 45.4 Å². The fourth-order valence-corrected chi connectivity index (χ4v) is 4.56. The average Bonchev–Trinajstić information content (AvgIpc) is 2.36. The molecule has 1 rings (SSSR count). The van der Waals surface area contributed by atoms with Crippen molar-refractivity contribution in [3.05, 3.63) is 35.4 Å². The second kappa shape index (κ2) is 7.69. The molecule has 0 fully saturated rings. The molecule has 0 spiro atoms. The molecule has 1 aromatic rings. The number of halogens is 2. The third kappa shape index (κ3) is 4.09. The molecule has 0 saturated carbocycles. The minimum absolute atomic E-state index is 0.236. The summed E-state index contributed by atoms with van der Waals surface area (Å²) in [5.41, 5.74) is 3.13. The summed E-state index contributed by atoms with van der Waals surface area (Å²) in [6.45, 7) is 6.83. The Morgan fingerprint density at radius 1 is 1.11 bits per heavy atom. The summed E-state index contributed by atoms with van der Waals surface area (Å²) in [7, 11) is 0. The molecule has 0 aliphatic heterocycles. The molecule has 0 nitrogen and oxygen atoms in total. The van der Waals surface area contributed by atoms with Crippen molar-refractivity contribution < 1.29 is 0 Å². The van der Waals surface area contributed by atoms with Crippen LogP contribution in [-0.4, -0.2) is 10.7 Å². The van der Waals surface area contributed by atoms with Crippen LogP contribution in [0.15, 0.2) is 24.3 Å². The van der Waals surface area contributed by atoms with Gasteiger partial charge in [0.2, 0.25) is 0 Å². The number of rotatable bonds is 7. The first kappa shape index (κ1) is 16.2. The lowest BCUT2D eigenvalue weighted by atomic mass is 9.77. The molecule has 0 unspecified atom stereocenters. The van der Waals surface area contributed by atoms with E-state index in [-0.39, 0.29) is 5.41 Å². The van der Waals surface area contributed by atoms with Gasteiger partial charge in [-0.1, -0.05) is 82.8 Å². The second-order valence-corrected chi connectivity index (χ2v) is 6.77. The Bertz CT molecular complexity index is 354. The zero-order valence-corrected chi connectivity index (χ0v) is 14.9. The average molecular weight is 376 g/mol. The van der Waals surface area contributed by atoms with E-state index in [1.165, 1.54) is 30.4 Å². The molecular formula is C16H24Br2. The lowest BCUT2D eigenvalue weighted by Crippen LogP contribution is -2.31. The van der Waals surface area contributed by atoms with Crippen LogP contribution in [0, 0.1) is 12.8 Å². The minimum atomic E-state index is 0.236. The van der Waals surface area contributed by atoms with E-state index in [0.717, 1.165) is 16.6 Å². The van der Waals surface area contributed by atoms with Crippen LogP contribution in [-0.2, 0) is 5.41 Å². The van der Waals surface area contributed by atoms with E-state index in [1.807, 2.05) is 0 Å². The maximum absolute atomic E-state index is 3.74. The van der Waals surface area contributed by atoms with Crippen LogP contribution >= 0.6 is 31.9 Å². The van der Waals surface area contributed by atoms with Gasteiger partial charge in [0.25, 0.3) is 0 Å². The van der Waals surface area contributed by atoms with E-state index in [2.05, 4.69) is 76.9 Å². The maximum Gasteiger partial charge on any atom is 0.0149 e. The first-order valence-electron chi connectivity index (χ1n) is 6.74. The van der Waals surface area contributed by atoms with Crippen LogP contribution in [0.1, 0.15) is 44.2 Å². The standard InChI is InChI=1S/C16H24Br2/c1-13(2)7-6-10-16(11-17,12-18)15-9-5-4-8-14(15)3/h4-5,8-9,13H,6-7,10-12H2,1-3H3. The largest absolute Gasteiger partial charge is 0.0918 e. The summed E-state index contributed by atoms with van der Waals surface area (Å²) in [5, 5.41) is 2.04. The maximum atomic E-state index is 3.74. The van der Waals surface area contributed by atoms with Crippen molar-refractivity contribution in [2.24, 2.45) is 5.92 Å². The van der Waals surface area contributed by atoms with E-state index in [0.29, 0.717) is 0 Å². The summed E-state index contributed by atoms with van der Waals surface area (Å²) in [5.74, 6) is 0.797. The van der Waals surface area contributed by atoms with Crippen LogP contribution in [0.5, 0.6) is 0 Å². The van der Waals surface area contributed by atoms with Gasteiger partial charge in [0.05, 0.1) is 0 Å². The summed E-state index contributed by atoms with van der Waals surface area (Å²) < 4.78 is 0. The molecule has 1 aromatic carbocycles. The van der Waals surface area contributed by atoms with Crippen molar-refractivity contribution in [3.63, 3.8) is 0 Å². The van der Waals surface area contributed by atoms with Crippen LogP contribution in [0.25, 0.3) is 0 Å². The number of benzene rings is 1. The third-order valence-electron chi connectivity index (χ3n) is 3.66. The quantitative estimate of drug-likeness (QED) is 0.524. The van der Waals surface area contributed by atoms with Crippen LogP contribution in [0.4, 0.5) is 0 Å². The molecule has 0 radical (unpaired) electrons. The molecule has 0 saturated heterocycles. The molecule has 0 heterocycles. The summed E-state index contributed by atoms with van der Waals surface area (Å²) in [4.78, 5) is 0. The number of aryl methyl sites for hydroxylation is 1. The van der Waals surface area contributed by atoms with Gasteiger partial charge in [-0.3, -0.25) is 0 Å². The van der Waals surface area contributed by atoms with Crippen molar-refractivity contribution in [3.8, 4) is 0 Å². The molecule has 2 heteroatoms. The Labute approximate surface area is 129 Å². The highest BCUT2D eigenvalue weighted by Gasteiger charge is 2.30. The Morgan fingerprint density at radius 3 is 2.22 bits per heavy atom. The van der Waals surface area contributed by atoms with E-state index < -0.39 is 0 Å². The predicted octanol–water partition coefficient (Wildman–Crippen LogP) is 5.85. The van der Waals surface area contributed by atoms with E-state index in [4.69, 9.17) is 0 Å². The molecule has 0 aliphatic rings. The Balaban J connectivity index is 2.89. The molecular weight excluding hydrogens is 352 g/mol. The van der Waals surface area contributed by atoms with Gasteiger partial charge in [-0.25, -0.2) is 0 Å². The van der Waals surface area contributed by atoms with Gasteiger partial charge in [0.15, 0.2) is 0 Å². The second-order valence-electron chi connectivity index (χ2n) is 5.65.